The van der Waals surface area contributed by atoms with Gasteiger partial charge in [-0.05, 0) is 23.8 Å². The summed E-state index contributed by atoms with van der Waals surface area (Å²) >= 11 is 0. The lowest BCUT2D eigenvalue weighted by atomic mass is 10.2. The van der Waals surface area contributed by atoms with Crippen LogP contribution in [0.5, 0.6) is 0 Å². The number of aromatic nitrogens is 2. The van der Waals surface area contributed by atoms with Crippen LogP contribution in [-0.4, -0.2) is 21.3 Å². The summed E-state index contributed by atoms with van der Waals surface area (Å²) in [5, 5.41) is 18.5. The van der Waals surface area contributed by atoms with Gasteiger partial charge in [0.25, 0.3) is 5.69 Å². The molecule has 0 aliphatic rings. The van der Waals surface area contributed by atoms with Gasteiger partial charge in [0.1, 0.15) is 0 Å². The lowest BCUT2D eigenvalue weighted by Gasteiger charge is -1.95. The maximum atomic E-state index is 10.7. The second kappa shape index (κ2) is 4.93. The summed E-state index contributed by atoms with van der Waals surface area (Å²) in [5.41, 5.74) is 2.45. The molecular weight excluding hydrogens is 256 g/mol. The predicted molar refractivity (Wildman–Crippen MR) is 76.4 cm³/mol. The summed E-state index contributed by atoms with van der Waals surface area (Å²) in [6, 6.07) is 12.0. The Bertz CT molecular complexity index is 808. The van der Waals surface area contributed by atoms with E-state index in [0.29, 0.717) is 5.56 Å². The quantitative estimate of drug-likeness (QED) is 0.448. The first-order valence-electron chi connectivity index (χ1n) is 5.94. The van der Waals surface area contributed by atoms with Crippen LogP contribution in [0.2, 0.25) is 0 Å². The number of aromatic amines is 1. The summed E-state index contributed by atoms with van der Waals surface area (Å²) in [5.74, 6) is 0. The van der Waals surface area contributed by atoms with Crippen LogP contribution in [-0.2, 0) is 0 Å². The van der Waals surface area contributed by atoms with Crippen molar-refractivity contribution in [3.05, 3.63) is 64.3 Å². The van der Waals surface area contributed by atoms with E-state index in [1.807, 2.05) is 18.2 Å². The van der Waals surface area contributed by atoms with E-state index in [2.05, 4.69) is 15.2 Å². The van der Waals surface area contributed by atoms with Crippen LogP contribution in [0.15, 0.2) is 53.7 Å². The molecule has 0 saturated carbocycles. The Kier molecular flexibility index (Phi) is 2.96. The van der Waals surface area contributed by atoms with Gasteiger partial charge in [-0.15, -0.1) is 0 Å². The molecule has 0 spiro atoms. The highest BCUT2D eigenvalue weighted by Gasteiger charge is 2.04. The summed E-state index contributed by atoms with van der Waals surface area (Å²) in [6.07, 6.45) is 3.33. The standard InChI is InChI=1S/C14H10N4O2/c19-18(20)13-3-1-2-10(6-13)8-15-12-4-5-14-11(7-12)9-16-17-14/h1-9H,(H,16,17). The van der Waals surface area contributed by atoms with Crippen molar-refractivity contribution in [2.75, 3.05) is 0 Å². The van der Waals surface area contributed by atoms with E-state index >= 15 is 0 Å². The van der Waals surface area contributed by atoms with E-state index in [4.69, 9.17) is 0 Å². The number of non-ortho nitro benzene ring substituents is 1. The van der Waals surface area contributed by atoms with Crippen LogP contribution in [0, 0.1) is 10.1 Å². The molecule has 0 aliphatic carbocycles. The van der Waals surface area contributed by atoms with Crippen molar-refractivity contribution in [3.8, 4) is 0 Å². The number of nitro groups is 1. The van der Waals surface area contributed by atoms with Crippen molar-refractivity contribution in [2.24, 2.45) is 4.99 Å². The predicted octanol–water partition coefficient (Wildman–Crippen LogP) is 3.22. The van der Waals surface area contributed by atoms with Crippen molar-refractivity contribution in [1.29, 1.82) is 0 Å². The summed E-state index contributed by atoms with van der Waals surface area (Å²) < 4.78 is 0. The zero-order valence-electron chi connectivity index (χ0n) is 10.4. The average Bonchev–Trinajstić information content (AvgIpc) is 2.93. The van der Waals surface area contributed by atoms with Crippen molar-refractivity contribution in [1.82, 2.24) is 10.2 Å². The molecule has 0 atom stereocenters. The van der Waals surface area contributed by atoms with Crippen LogP contribution in [0.1, 0.15) is 5.56 Å². The zero-order valence-corrected chi connectivity index (χ0v) is 10.4. The number of benzene rings is 2. The van der Waals surface area contributed by atoms with Gasteiger partial charge in [0.15, 0.2) is 0 Å². The molecule has 1 heterocycles. The zero-order chi connectivity index (χ0) is 13.9. The van der Waals surface area contributed by atoms with Gasteiger partial charge in [0.05, 0.1) is 22.3 Å². The number of H-pyrrole nitrogens is 1. The van der Waals surface area contributed by atoms with Gasteiger partial charge in [-0.1, -0.05) is 12.1 Å². The third-order valence-corrected chi connectivity index (χ3v) is 2.87. The number of nitrogens with zero attached hydrogens (tertiary/aromatic N) is 3. The lowest BCUT2D eigenvalue weighted by molar-refractivity contribution is -0.384. The third kappa shape index (κ3) is 2.39. The Labute approximate surface area is 113 Å². The molecule has 20 heavy (non-hydrogen) atoms. The smallest absolute Gasteiger partial charge is 0.270 e. The highest BCUT2D eigenvalue weighted by Crippen LogP contribution is 2.19. The van der Waals surface area contributed by atoms with Gasteiger partial charge in [0.2, 0.25) is 0 Å². The minimum Gasteiger partial charge on any atom is -0.278 e. The molecule has 0 aliphatic heterocycles. The molecule has 0 unspecified atom stereocenters. The van der Waals surface area contributed by atoms with Gasteiger partial charge in [0, 0.05) is 23.7 Å². The maximum absolute atomic E-state index is 10.7. The summed E-state index contributed by atoms with van der Waals surface area (Å²) in [7, 11) is 0. The van der Waals surface area contributed by atoms with E-state index in [1.165, 1.54) is 12.1 Å². The number of nitrogens with one attached hydrogen (secondary N) is 1. The van der Waals surface area contributed by atoms with Crippen molar-refractivity contribution < 1.29 is 4.92 Å². The van der Waals surface area contributed by atoms with E-state index in [0.717, 1.165) is 16.6 Å². The molecule has 0 amide bonds. The topological polar surface area (TPSA) is 84.2 Å². The summed E-state index contributed by atoms with van der Waals surface area (Å²) in [6.45, 7) is 0. The molecule has 1 N–H and O–H groups in total. The molecular formula is C14H10N4O2. The highest BCUT2D eigenvalue weighted by atomic mass is 16.6. The largest absolute Gasteiger partial charge is 0.278 e. The first kappa shape index (κ1) is 12.0. The molecule has 98 valence electrons. The molecule has 0 bridgehead atoms. The fourth-order valence-electron chi connectivity index (χ4n) is 1.88. The van der Waals surface area contributed by atoms with Crippen LogP contribution < -0.4 is 0 Å². The lowest BCUT2D eigenvalue weighted by Crippen LogP contribution is -1.89. The Balaban J connectivity index is 1.89. The maximum Gasteiger partial charge on any atom is 0.270 e. The second-order valence-corrected chi connectivity index (χ2v) is 4.25. The first-order valence-corrected chi connectivity index (χ1v) is 5.94. The first-order chi connectivity index (χ1) is 9.72. The molecule has 0 fully saturated rings. The molecule has 3 rings (SSSR count). The Morgan fingerprint density at radius 1 is 1.25 bits per heavy atom. The second-order valence-electron chi connectivity index (χ2n) is 4.25. The van der Waals surface area contributed by atoms with E-state index < -0.39 is 4.92 Å². The Morgan fingerprint density at radius 3 is 3.00 bits per heavy atom. The monoisotopic (exact) mass is 266 g/mol. The normalized spacial score (nSPS) is 11.2. The Hall–Kier alpha value is -3.02. The van der Waals surface area contributed by atoms with Gasteiger partial charge in [-0.25, -0.2) is 0 Å². The molecule has 6 heteroatoms. The van der Waals surface area contributed by atoms with Crippen molar-refractivity contribution >= 4 is 28.5 Å². The number of hydrogen-bond acceptors (Lipinski definition) is 4. The fourth-order valence-corrected chi connectivity index (χ4v) is 1.88. The minimum absolute atomic E-state index is 0.0548. The Morgan fingerprint density at radius 2 is 2.15 bits per heavy atom. The molecule has 3 aromatic rings. The number of aliphatic imine (C=N–C) groups is 1. The number of rotatable bonds is 3. The van der Waals surface area contributed by atoms with E-state index in [1.54, 1.807) is 24.5 Å². The highest BCUT2D eigenvalue weighted by molar-refractivity contribution is 5.86. The third-order valence-electron chi connectivity index (χ3n) is 2.87. The van der Waals surface area contributed by atoms with Crippen LogP contribution in [0.3, 0.4) is 0 Å². The molecule has 1 aromatic heterocycles. The number of nitro benzene ring substituents is 1. The van der Waals surface area contributed by atoms with Crippen LogP contribution in [0.4, 0.5) is 11.4 Å². The van der Waals surface area contributed by atoms with Crippen molar-refractivity contribution in [3.63, 3.8) is 0 Å². The van der Waals surface area contributed by atoms with E-state index in [-0.39, 0.29) is 5.69 Å². The minimum atomic E-state index is -0.422. The van der Waals surface area contributed by atoms with Crippen LogP contribution >= 0.6 is 0 Å². The van der Waals surface area contributed by atoms with Gasteiger partial charge < -0.3 is 0 Å². The average molecular weight is 266 g/mol. The molecule has 2 aromatic carbocycles. The van der Waals surface area contributed by atoms with Crippen LogP contribution in [0.25, 0.3) is 10.9 Å². The van der Waals surface area contributed by atoms with Gasteiger partial charge in [-0.3, -0.25) is 20.2 Å². The number of fused-ring (bicyclic) bond motifs is 1. The van der Waals surface area contributed by atoms with Gasteiger partial charge >= 0.3 is 0 Å². The SMILES string of the molecule is O=[N+]([O-])c1cccc(C=Nc2ccc3[nH]ncc3c2)c1. The van der Waals surface area contributed by atoms with E-state index in [9.17, 15) is 10.1 Å². The molecule has 0 saturated heterocycles. The van der Waals surface area contributed by atoms with Gasteiger partial charge in [-0.2, -0.15) is 5.10 Å². The van der Waals surface area contributed by atoms with Crippen molar-refractivity contribution in [2.45, 2.75) is 0 Å². The summed E-state index contributed by atoms with van der Waals surface area (Å²) in [4.78, 5) is 14.6. The number of hydrogen-bond donors (Lipinski definition) is 1. The molecule has 6 nitrogen and oxygen atoms in total. The molecule has 0 radical (unpaired) electrons. The fraction of sp³-hybridized carbons (Fsp3) is 0.